The first kappa shape index (κ1) is 15.9. The van der Waals surface area contributed by atoms with Crippen LogP contribution in [0, 0.1) is 17.5 Å². The molecule has 1 atom stereocenters. The van der Waals surface area contributed by atoms with Gasteiger partial charge in [0, 0.05) is 25.8 Å². The fraction of sp³-hybridized carbons (Fsp3) is 0.538. The SMILES string of the molecule is COCC(C)(CCO)NCc1cc(F)c(F)c(F)c1. The highest BCUT2D eigenvalue weighted by Gasteiger charge is 2.23. The van der Waals surface area contributed by atoms with Crippen molar-refractivity contribution in [2.24, 2.45) is 0 Å². The van der Waals surface area contributed by atoms with Crippen molar-refractivity contribution in [3.8, 4) is 0 Å². The molecule has 0 aliphatic carbocycles. The van der Waals surface area contributed by atoms with Crippen LogP contribution in [0.15, 0.2) is 12.1 Å². The zero-order valence-corrected chi connectivity index (χ0v) is 11.0. The lowest BCUT2D eigenvalue weighted by molar-refractivity contribution is 0.0969. The number of ether oxygens (including phenoxy) is 1. The van der Waals surface area contributed by atoms with E-state index in [0.29, 0.717) is 13.0 Å². The molecule has 0 spiro atoms. The molecule has 0 fully saturated rings. The van der Waals surface area contributed by atoms with E-state index >= 15 is 0 Å². The van der Waals surface area contributed by atoms with Gasteiger partial charge in [-0.3, -0.25) is 0 Å². The van der Waals surface area contributed by atoms with E-state index in [1.54, 1.807) is 0 Å². The van der Waals surface area contributed by atoms with E-state index in [1.165, 1.54) is 7.11 Å². The third-order valence-electron chi connectivity index (χ3n) is 2.89. The van der Waals surface area contributed by atoms with Crippen LogP contribution in [0.2, 0.25) is 0 Å². The molecule has 0 saturated carbocycles. The highest BCUT2D eigenvalue weighted by atomic mass is 19.2. The lowest BCUT2D eigenvalue weighted by Crippen LogP contribution is -2.46. The van der Waals surface area contributed by atoms with E-state index in [-0.39, 0.29) is 18.7 Å². The molecule has 1 unspecified atom stereocenters. The summed E-state index contributed by atoms with van der Waals surface area (Å²) in [6, 6.07) is 1.88. The Morgan fingerprint density at radius 3 is 2.32 bits per heavy atom. The number of hydrogen-bond donors (Lipinski definition) is 2. The minimum absolute atomic E-state index is 0.0427. The number of halogens is 3. The standard InChI is InChI=1S/C13H18F3NO2/c1-13(3-4-18,8-19-2)17-7-9-5-10(14)12(16)11(15)6-9/h5-6,17-18H,3-4,7-8H2,1-2H3. The highest BCUT2D eigenvalue weighted by Crippen LogP contribution is 2.16. The van der Waals surface area contributed by atoms with E-state index in [2.05, 4.69) is 5.32 Å². The van der Waals surface area contributed by atoms with Crippen LogP contribution in [-0.4, -0.2) is 31.0 Å². The summed E-state index contributed by atoms with van der Waals surface area (Å²) in [5.41, 5.74) is -0.234. The summed E-state index contributed by atoms with van der Waals surface area (Å²) in [5, 5.41) is 12.0. The number of nitrogens with one attached hydrogen (secondary N) is 1. The van der Waals surface area contributed by atoms with Gasteiger partial charge in [0.25, 0.3) is 0 Å². The van der Waals surface area contributed by atoms with Gasteiger partial charge in [-0.1, -0.05) is 0 Å². The van der Waals surface area contributed by atoms with Crippen LogP contribution >= 0.6 is 0 Å². The van der Waals surface area contributed by atoms with E-state index in [9.17, 15) is 13.2 Å². The molecule has 0 aromatic heterocycles. The lowest BCUT2D eigenvalue weighted by atomic mass is 9.99. The highest BCUT2D eigenvalue weighted by molar-refractivity contribution is 5.19. The Balaban J connectivity index is 2.74. The van der Waals surface area contributed by atoms with E-state index in [1.807, 2.05) is 6.92 Å². The Labute approximate surface area is 110 Å². The molecule has 108 valence electrons. The maximum Gasteiger partial charge on any atom is 0.194 e. The van der Waals surface area contributed by atoms with Crippen molar-refractivity contribution in [2.45, 2.75) is 25.4 Å². The second-order valence-corrected chi connectivity index (χ2v) is 4.69. The quantitative estimate of drug-likeness (QED) is 0.749. The predicted molar refractivity (Wildman–Crippen MR) is 65.1 cm³/mol. The fourth-order valence-electron chi connectivity index (χ4n) is 1.80. The van der Waals surface area contributed by atoms with E-state index in [4.69, 9.17) is 9.84 Å². The van der Waals surface area contributed by atoms with Crippen LogP contribution in [0.25, 0.3) is 0 Å². The van der Waals surface area contributed by atoms with Crippen molar-refractivity contribution in [3.63, 3.8) is 0 Å². The molecule has 0 amide bonds. The third-order valence-corrected chi connectivity index (χ3v) is 2.89. The Kier molecular flexibility index (Phi) is 5.78. The zero-order valence-electron chi connectivity index (χ0n) is 11.0. The summed E-state index contributed by atoms with van der Waals surface area (Å²) in [6.45, 7) is 2.26. The molecule has 1 aromatic rings. The van der Waals surface area contributed by atoms with Crippen LogP contribution in [-0.2, 0) is 11.3 Å². The van der Waals surface area contributed by atoms with Crippen molar-refractivity contribution in [3.05, 3.63) is 35.1 Å². The number of aliphatic hydroxyl groups excluding tert-OH is 1. The Morgan fingerprint density at radius 1 is 1.26 bits per heavy atom. The van der Waals surface area contributed by atoms with Gasteiger partial charge >= 0.3 is 0 Å². The van der Waals surface area contributed by atoms with E-state index < -0.39 is 23.0 Å². The zero-order chi connectivity index (χ0) is 14.5. The topological polar surface area (TPSA) is 41.5 Å². The smallest absolute Gasteiger partial charge is 0.194 e. The largest absolute Gasteiger partial charge is 0.396 e. The summed E-state index contributed by atoms with van der Waals surface area (Å²) in [5.74, 6) is -3.90. The van der Waals surface area contributed by atoms with Crippen molar-refractivity contribution in [2.75, 3.05) is 20.3 Å². The lowest BCUT2D eigenvalue weighted by Gasteiger charge is -2.29. The monoisotopic (exact) mass is 277 g/mol. The maximum absolute atomic E-state index is 13.0. The minimum Gasteiger partial charge on any atom is -0.396 e. The van der Waals surface area contributed by atoms with Crippen LogP contribution in [0.4, 0.5) is 13.2 Å². The molecule has 19 heavy (non-hydrogen) atoms. The second-order valence-electron chi connectivity index (χ2n) is 4.69. The summed E-state index contributed by atoms with van der Waals surface area (Å²) in [6.07, 6.45) is 0.424. The number of rotatable bonds is 7. The molecule has 6 heteroatoms. The average molecular weight is 277 g/mol. The predicted octanol–water partition coefficient (Wildman–Crippen LogP) is 1.98. The van der Waals surface area contributed by atoms with Gasteiger partial charge in [0.1, 0.15) is 0 Å². The van der Waals surface area contributed by atoms with Crippen LogP contribution in [0.5, 0.6) is 0 Å². The third kappa shape index (κ3) is 4.49. The Hall–Kier alpha value is -1.11. The van der Waals surface area contributed by atoms with Gasteiger partial charge in [0.05, 0.1) is 6.61 Å². The summed E-state index contributed by atoms with van der Waals surface area (Å²) in [7, 11) is 1.52. The van der Waals surface area contributed by atoms with Crippen molar-refractivity contribution >= 4 is 0 Å². The van der Waals surface area contributed by atoms with Gasteiger partial charge in [-0.2, -0.15) is 0 Å². The van der Waals surface area contributed by atoms with Crippen LogP contribution < -0.4 is 5.32 Å². The summed E-state index contributed by atoms with van der Waals surface area (Å²) in [4.78, 5) is 0. The van der Waals surface area contributed by atoms with Crippen molar-refractivity contribution < 1.29 is 23.0 Å². The first-order valence-electron chi connectivity index (χ1n) is 5.90. The summed E-state index contributed by atoms with van der Waals surface area (Å²) >= 11 is 0. The van der Waals surface area contributed by atoms with Gasteiger partial charge in [-0.25, -0.2) is 13.2 Å². The number of hydrogen-bond acceptors (Lipinski definition) is 3. The first-order chi connectivity index (χ1) is 8.91. The van der Waals surface area contributed by atoms with E-state index in [0.717, 1.165) is 12.1 Å². The van der Waals surface area contributed by atoms with Crippen LogP contribution in [0.3, 0.4) is 0 Å². The van der Waals surface area contributed by atoms with Gasteiger partial charge in [-0.15, -0.1) is 0 Å². The Bertz CT molecular complexity index is 397. The summed E-state index contributed by atoms with van der Waals surface area (Å²) < 4.78 is 43.9. The molecule has 0 aliphatic rings. The second kappa shape index (κ2) is 6.88. The molecular formula is C13H18F3NO2. The number of aliphatic hydroxyl groups is 1. The maximum atomic E-state index is 13.0. The molecule has 2 N–H and O–H groups in total. The molecule has 0 saturated heterocycles. The minimum atomic E-state index is -1.47. The molecule has 3 nitrogen and oxygen atoms in total. The molecule has 0 heterocycles. The molecular weight excluding hydrogens is 259 g/mol. The van der Waals surface area contributed by atoms with Gasteiger partial charge < -0.3 is 15.2 Å². The van der Waals surface area contributed by atoms with Gasteiger partial charge in [-0.05, 0) is 31.0 Å². The molecule has 0 bridgehead atoms. The molecule has 0 aliphatic heterocycles. The Morgan fingerprint density at radius 2 is 1.84 bits per heavy atom. The molecule has 0 radical (unpaired) electrons. The number of methoxy groups -OCH3 is 1. The number of benzene rings is 1. The first-order valence-corrected chi connectivity index (χ1v) is 5.90. The van der Waals surface area contributed by atoms with Gasteiger partial charge in [0.2, 0.25) is 0 Å². The van der Waals surface area contributed by atoms with Crippen LogP contribution in [0.1, 0.15) is 18.9 Å². The van der Waals surface area contributed by atoms with Crippen molar-refractivity contribution in [1.82, 2.24) is 5.32 Å². The molecule has 1 rings (SSSR count). The van der Waals surface area contributed by atoms with Crippen molar-refractivity contribution in [1.29, 1.82) is 0 Å². The fourth-order valence-corrected chi connectivity index (χ4v) is 1.80. The normalized spacial score (nSPS) is 14.4. The van der Waals surface area contributed by atoms with Gasteiger partial charge in [0.15, 0.2) is 17.5 Å². The molecule has 1 aromatic carbocycles. The average Bonchev–Trinajstić information content (AvgIpc) is 2.34.